The van der Waals surface area contributed by atoms with E-state index >= 15 is 0 Å². The Morgan fingerprint density at radius 1 is 1.29 bits per heavy atom. The Kier molecular flexibility index (Phi) is 2.74. The first-order valence-corrected chi connectivity index (χ1v) is 4.27. The van der Waals surface area contributed by atoms with Crippen LogP contribution in [0.25, 0.3) is 0 Å². The first-order chi connectivity index (χ1) is 6.57. The second-order valence-corrected chi connectivity index (χ2v) is 3.55. The van der Waals surface area contributed by atoms with E-state index in [1.54, 1.807) is 32.0 Å². The molecule has 14 heavy (non-hydrogen) atoms. The van der Waals surface area contributed by atoms with Crippen molar-refractivity contribution in [2.75, 3.05) is 5.32 Å². The molecule has 0 radical (unpaired) electrons. The van der Waals surface area contributed by atoms with Gasteiger partial charge in [0.25, 0.3) is 0 Å². The van der Waals surface area contributed by atoms with Crippen molar-refractivity contribution in [1.29, 1.82) is 10.5 Å². The Morgan fingerprint density at radius 3 is 2.57 bits per heavy atom. The molecule has 1 aromatic rings. The van der Waals surface area contributed by atoms with Crippen molar-refractivity contribution in [3.05, 3.63) is 29.8 Å². The van der Waals surface area contributed by atoms with Gasteiger partial charge in [0.1, 0.15) is 5.54 Å². The van der Waals surface area contributed by atoms with Gasteiger partial charge in [0.15, 0.2) is 0 Å². The topological polar surface area (TPSA) is 59.6 Å². The van der Waals surface area contributed by atoms with E-state index in [1.807, 2.05) is 12.1 Å². The van der Waals surface area contributed by atoms with Crippen molar-refractivity contribution in [2.45, 2.75) is 19.4 Å². The van der Waals surface area contributed by atoms with Crippen LogP contribution in [0.3, 0.4) is 0 Å². The van der Waals surface area contributed by atoms with Crippen molar-refractivity contribution in [2.24, 2.45) is 0 Å². The molecular weight excluding hydrogens is 174 g/mol. The highest BCUT2D eigenvalue weighted by molar-refractivity contribution is 5.51. The van der Waals surface area contributed by atoms with Crippen molar-refractivity contribution in [3.63, 3.8) is 0 Å². The van der Waals surface area contributed by atoms with E-state index in [1.165, 1.54) is 0 Å². The van der Waals surface area contributed by atoms with Gasteiger partial charge in [-0.25, -0.2) is 0 Å². The van der Waals surface area contributed by atoms with Gasteiger partial charge in [-0.3, -0.25) is 0 Å². The second-order valence-electron chi connectivity index (χ2n) is 3.55. The van der Waals surface area contributed by atoms with E-state index in [-0.39, 0.29) is 0 Å². The molecule has 0 bridgehead atoms. The summed E-state index contributed by atoms with van der Waals surface area (Å²) in [5.74, 6) is 0. The monoisotopic (exact) mass is 185 g/mol. The summed E-state index contributed by atoms with van der Waals surface area (Å²) in [5.41, 5.74) is 0.757. The van der Waals surface area contributed by atoms with Gasteiger partial charge in [0.2, 0.25) is 0 Å². The third-order valence-electron chi connectivity index (χ3n) is 1.73. The Labute approximate surface area is 83.6 Å². The number of benzene rings is 1. The van der Waals surface area contributed by atoms with Crippen molar-refractivity contribution in [3.8, 4) is 12.1 Å². The third kappa shape index (κ3) is 2.50. The van der Waals surface area contributed by atoms with Gasteiger partial charge in [0, 0.05) is 5.69 Å². The fourth-order valence-corrected chi connectivity index (χ4v) is 1.06. The van der Waals surface area contributed by atoms with E-state index in [9.17, 15) is 0 Å². The Morgan fingerprint density at radius 2 is 2.00 bits per heavy atom. The van der Waals surface area contributed by atoms with E-state index < -0.39 is 5.54 Å². The second kappa shape index (κ2) is 3.81. The highest BCUT2D eigenvalue weighted by atomic mass is 15.0. The van der Waals surface area contributed by atoms with Gasteiger partial charge >= 0.3 is 0 Å². The molecule has 1 N–H and O–H groups in total. The molecule has 0 spiro atoms. The quantitative estimate of drug-likeness (QED) is 0.768. The van der Waals surface area contributed by atoms with Crippen molar-refractivity contribution < 1.29 is 0 Å². The molecule has 0 fully saturated rings. The summed E-state index contributed by atoms with van der Waals surface area (Å²) in [6.45, 7) is 3.57. The zero-order valence-corrected chi connectivity index (χ0v) is 8.20. The van der Waals surface area contributed by atoms with Crippen LogP contribution in [0.2, 0.25) is 0 Å². The van der Waals surface area contributed by atoms with Gasteiger partial charge in [-0.2, -0.15) is 10.5 Å². The molecule has 70 valence electrons. The van der Waals surface area contributed by atoms with Crippen molar-refractivity contribution >= 4 is 5.69 Å². The maximum absolute atomic E-state index is 8.80. The summed E-state index contributed by atoms with van der Waals surface area (Å²) in [4.78, 5) is 0. The molecule has 0 amide bonds. The lowest BCUT2D eigenvalue weighted by Crippen LogP contribution is -2.28. The molecule has 0 aliphatic rings. The van der Waals surface area contributed by atoms with E-state index in [4.69, 9.17) is 10.5 Å². The smallest absolute Gasteiger partial charge is 0.119 e. The summed E-state index contributed by atoms with van der Waals surface area (Å²) in [6.07, 6.45) is 0. The van der Waals surface area contributed by atoms with E-state index in [2.05, 4.69) is 11.4 Å². The summed E-state index contributed by atoms with van der Waals surface area (Å²) in [6, 6.07) is 11.2. The number of nitriles is 2. The lowest BCUT2D eigenvalue weighted by atomic mass is 10.1. The lowest BCUT2D eigenvalue weighted by Gasteiger charge is -2.18. The minimum absolute atomic E-state index is 0.587. The minimum atomic E-state index is -0.617. The fraction of sp³-hybridized carbons (Fsp3) is 0.273. The number of nitrogens with one attached hydrogen (secondary N) is 1. The molecule has 1 rings (SSSR count). The fourth-order valence-electron chi connectivity index (χ4n) is 1.06. The zero-order valence-electron chi connectivity index (χ0n) is 8.20. The molecule has 0 heterocycles. The maximum atomic E-state index is 8.80. The molecule has 0 aliphatic carbocycles. The lowest BCUT2D eigenvalue weighted by molar-refractivity contribution is 0.729. The van der Waals surface area contributed by atoms with Crippen LogP contribution in [0.5, 0.6) is 0 Å². The van der Waals surface area contributed by atoms with Gasteiger partial charge in [-0.15, -0.1) is 0 Å². The third-order valence-corrected chi connectivity index (χ3v) is 1.73. The molecule has 3 nitrogen and oxygen atoms in total. The average Bonchev–Trinajstić information content (AvgIpc) is 2.17. The molecule has 1 aromatic carbocycles. The van der Waals surface area contributed by atoms with Gasteiger partial charge in [-0.1, -0.05) is 6.07 Å². The Bertz CT molecular complexity index is 407. The first-order valence-electron chi connectivity index (χ1n) is 4.27. The van der Waals surface area contributed by atoms with Crippen LogP contribution in [0.15, 0.2) is 24.3 Å². The van der Waals surface area contributed by atoms with Crippen LogP contribution >= 0.6 is 0 Å². The number of rotatable bonds is 2. The average molecular weight is 185 g/mol. The molecular formula is C11H11N3. The van der Waals surface area contributed by atoms with Crippen molar-refractivity contribution in [1.82, 2.24) is 0 Å². The number of nitrogens with zero attached hydrogens (tertiary/aromatic N) is 2. The van der Waals surface area contributed by atoms with Gasteiger partial charge in [0.05, 0.1) is 17.7 Å². The molecule has 0 saturated heterocycles. The highest BCUT2D eigenvalue weighted by Crippen LogP contribution is 2.15. The van der Waals surface area contributed by atoms with Crippen LogP contribution in [0, 0.1) is 22.7 Å². The molecule has 0 aliphatic heterocycles. The first kappa shape index (κ1) is 10.1. The molecule has 0 aromatic heterocycles. The SMILES string of the molecule is CC(C)(C#N)Nc1cccc(C#N)c1. The van der Waals surface area contributed by atoms with Crippen LogP contribution in [0.1, 0.15) is 19.4 Å². The standard InChI is InChI=1S/C11H11N3/c1-11(2,8-13)14-10-5-3-4-9(6-10)7-12/h3-6,14H,1-2H3. The summed E-state index contributed by atoms with van der Waals surface area (Å²) in [7, 11) is 0. The largest absolute Gasteiger partial charge is 0.368 e. The van der Waals surface area contributed by atoms with Crippen LogP contribution in [-0.4, -0.2) is 5.54 Å². The zero-order chi connectivity index (χ0) is 10.6. The van der Waals surface area contributed by atoms with E-state index in [0.717, 1.165) is 5.69 Å². The summed E-state index contributed by atoms with van der Waals surface area (Å²) >= 11 is 0. The Hall–Kier alpha value is -2.00. The molecule has 0 unspecified atom stereocenters. The summed E-state index contributed by atoms with van der Waals surface area (Å²) < 4.78 is 0. The number of hydrogen-bond donors (Lipinski definition) is 1. The predicted octanol–water partition coefficient (Wildman–Crippen LogP) is 2.27. The highest BCUT2D eigenvalue weighted by Gasteiger charge is 2.15. The maximum Gasteiger partial charge on any atom is 0.119 e. The predicted molar refractivity (Wildman–Crippen MR) is 54.5 cm³/mol. The normalized spacial score (nSPS) is 10.0. The van der Waals surface area contributed by atoms with Crippen LogP contribution in [0.4, 0.5) is 5.69 Å². The van der Waals surface area contributed by atoms with Crippen LogP contribution in [-0.2, 0) is 0 Å². The Balaban J connectivity index is 2.90. The van der Waals surface area contributed by atoms with E-state index in [0.29, 0.717) is 5.56 Å². The molecule has 3 heteroatoms. The van der Waals surface area contributed by atoms with Gasteiger partial charge < -0.3 is 5.32 Å². The number of anilines is 1. The molecule has 0 atom stereocenters. The van der Waals surface area contributed by atoms with Gasteiger partial charge in [-0.05, 0) is 32.0 Å². The number of hydrogen-bond acceptors (Lipinski definition) is 3. The molecule has 0 saturated carbocycles. The van der Waals surface area contributed by atoms with Crippen LogP contribution < -0.4 is 5.32 Å². The minimum Gasteiger partial charge on any atom is -0.368 e. The summed E-state index contributed by atoms with van der Waals surface area (Å²) in [5, 5.41) is 20.5.